The van der Waals surface area contributed by atoms with Crippen LogP contribution in [0.5, 0.6) is 0 Å². The van der Waals surface area contributed by atoms with Crippen LogP contribution in [0.25, 0.3) is 0 Å². The van der Waals surface area contributed by atoms with Crippen molar-refractivity contribution in [2.75, 3.05) is 13.7 Å². The van der Waals surface area contributed by atoms with E-state index >= 15 is 0 Å². The molecule has 0 bridgehead atoms. The second-order valence-electron chi connectivity index (χ2n) is 4.52. The molecule has 1 aromatic rings. The number of ether oxygens (including phenoxy) is 1. The van der Waals surface area contributed by atoms with E-state index in [1.165, 1.54) is 24.8 Å². The highest BCUT2D eigenvalue weighted by atomic mass is 16.5. The van der Waals surface area contributed by atoms with Crippen molar-refractivity contribution < 1.29 is 4.74 Å². The summed E-state index contributed by atoms with van der Waals surface area (Å²) in [6.07, 6.45) is 5.19. The Morgan fingerprint density at radius 2 is 2.12 bits per heavy atom. The molecule has 0 aromatic heterocycles. The fourth-order valence-corrected chi connectivity index (χ4v) is 2.43. The number of hydrogen-bond acceptors (Lipinski definition) is 2. The molecule has 2 atom stereocenters. The molecule has 88 valence electrons. The van der Waals surface area contributed by atoms with Gasteiger partial charge >= 0.3 is 0 Å². The smallest absolute Gasteiger partial charge is 0.0764 e. The lowest BCUT2D eigenvalue weighted by Crippen LogP contribution is -2.45. The molecular weight excluding hydrogens is 198 g/mol. The maximum atomic E-state index is 5.63. The molecule has 0 amide bonds. The molecule has 0 radical (unpaired) electrons. The summed E-state index contributed by atoms with van der Waals surface area (Å²) < 4.78 is 5.63. The van der Waals surface area contributed by atoms with E-state index in [4.69, 9.17) is 4.74 Å². The monoisotopic (exact) mass is 219 g/mol. The van der Waals surface area contributed by atoms with E-state index < -0.39 is 0 Å². The summed E-state index contributed by atoms with van der Waals surface area (Å²) in [7, 11) is 1.82. The third kappa shape index (κ3) is 3.06. The van der Waals surface area contributed by atoms with Crippen LogP contribution in [0, 0.1) is 0 Å². The second kappa shape index (κ2) is 6.02. The van der Waals surface area contributed by atoms with Gasteiger partial charge in [0.1, 0.15) is 0 Å². The Labute approximate surface area is 98.0 Å². The normalized spacial score (nSPS) is 22.9. The minimum atomic E-state index is 0.308. The van der Waals surface area contributed by atoms with Crippen molar-refractivity contribution in [2.24, 2.45) is 0 Å². The molecule has 1 heterocycles. The summed E-state index contributed by atoms with van der Waals surface area (Å²) in [5, 5.41) is 3.57. The Balaban J connectivity index is 1.94. The van der Waals surface area contributed by atoms with Crippen LogP contribution in [0.3, 0.4) is 0 Å². The Bertz CT molecular complexity index is 293. The largest absolute Gasteiger partial charge is 0.379 e. The maximum absolute atomic E-state index is 5.63. The fourth-order valence-electron chi connectivity index (χ4n) is 2.43. The van der Waals surface area contributed by atoms with Crippen molar-refractivity contribution in [3.05, 3.63) is 35.9 Å². The van der Waals surface area contributed by atoms with Crippen LogP contribution in [-0.2, 0) is 11.2 Å². The first-order valence-corrected chi connectivity index (χ1v) is 6.20. The highest BCUT2D eigenvalue weighted by molar-refractivity contribution is 5.16. The average molecular weight is 219 g/mol. The highest BCUT2D eigenvalue weighted by Gasteiger charge is 2.22. The number of nitrogens with one attached hydrogen (secondary N) is 1. The Kier molecular flexibility index (Phi) is 4.37. The van der Waals surface area contributed by atoms with Gasteiger partial charge in [-0.3, -0.25) is 0 Å². The van der Waals surface area contributed by atoms with Gasteiger partial charge in [-0.1, -0.05) is 36.8 Å². The molecule has 2 heteroatoms. The predicted molar refractivity (Wildman–Crippen MR) is 66.6 cm³/mol. The molecule has 1 fully saturated rings. The van der Waals surface area contributed by atoms with E-state index in [1.54, 1.807) is 0 Å². The SMILES string of the molecule is COC(Cc1ccccc1)C1CCCCN1. The van der Waals surface area contributed by atoms with Gasteiger partial charge in [0.05, 0.1) is 6.10 Å². The van der Waals surface area contributed by atoms with Gasteiger partial charge in [0, 0.05) is 19.6 Å². The van der Waals surface area contributed by atoms with Crippen LogP contribution >= 0.6 is 0 Å². The molecule has 16 heavy (non-hydrogen) atoms. The lowest BCUT2D eigenvalue weighted by Gasteiger charge is -2.30. The predicted octanol–water partition coefficient (Wildman–Crippen LogP) is 2.39. The fraction of sp³-hybridized carbons (Fsp3) is 0.571. The van der Waals surface area contributed by atoms with Crippen molar-refractivity contribution >= 4 is 0 Å². The molecule has 1 aliphatic rings. The zero-order valence-corrected chi connectivity index (χ0v) is 9.99. The minimum Gasteiger partial charge on any atom is -0.379 e. The number of piperidine rings is 1. The van der Waals surface area contributed by atoms with Gasteiger partial charge in [-0.2, -0.15) is 0 Å². The van der Waals surface area contributed by atoms with Gasteiger partial charge < -0.3 is 10.1 Å². The van der Waals surface area contributed by atoms with E-state index in [9.17, 15) is 0 Å². The third-order valence-electron chi connectivity index (χ3n) is 3.38. The molecule has 1 aromatic carbocycles. The summed E-state index contributed by atoms with van der Waals surface area (Å²) in [5.41, 5.74) is 1.36. The standard InChI is InChI=1S/C14H21NO/c1-16-14(13-9-5-6-10-15-13)11-12-7-3-2-4-8-12/h2-4,7-8,13-15H,5-6,9-11H2,1H3. The summed E-state index contributed by atoms with van der Waals surface area (Å²) in [4.78, 5) is 0. The molecule has 2 unspecified atom stereocenters. The van der Waals surface area contributed by atoms with Crippen molar-refractivity contribution in [3.63, 3.8) is 0 Å². The Morgan fingerprint density at radius 1 is 1.31 bits per heavy atom. The average Bonchev–Trinajstić information content (AvgIpc) is 2.38. The first-order valence-electron chi connectivity index (χ1n) is 6.20. The summed E-state index contributed by atoms with van der Waals surface area (Å²) in [6, 6.07) is 11.1. The number of hydrogen-bond donors (Lipinski definition) is 1. The summed E-state index contributed by atoms with van der Waals surface area (Å²) in [6.45, 7) is 1.14. The number of benzene rings is 1. The Morgan fingerprint density at radius 3 is 2.75 bits per heavy atom. The number of methoxy groups -OCH3 is 1. The van der Waals surface area contributed by atoms with Gasteiger partial charge in [0.25, 0.3) is 0 Å². The second-order valence-corrected chi connectivity index (χ2v) is 4.52. The molecule has 1 aliphatic heterocycles. The van der Waals surface area contributed by atoms with Crippen molar-refractivity contribution in [3.8, 4) is 0 Å². The molecule has 1 N–H and O–H groups in total. The Hall–Kier alpha value is -0.860. The van der Waals surface area contributed by atoms with Gasteiger partial charge in [0.15, 0.2) is 0 Å². The van der Waals surface area contributed by atoms with Crippen molar-refractivity contribution in [2.45, 2.75) is 37.8 Å². The van der Waals surface area contributed by atoms with E-state index in [0.29, 0.717) is 12.1 Å². The molecule has 0 aliphatic carbocycles. The topological polar surface area (TPSA) is 21.3 Å². The van der Waals surface area contributed by atoms with Crippen LogP contribution < -0.4 is 5.32 Å². The minimum absolute atomic E-state index is 0.308. The third-order valence-corrected chi connectivity index (χ3v) is 3.38. The lowest BCUT2D eigenvalue weighted by molar-refractivity contribution is 0.0595. The van der Waals surface area contributed by atoms with Crippen LogP contribution in [0.4, 0.5) is 0 Å². The van der Waals surface area contributed by atoms with Crippen molar-refractivity contribution in [1.29, 1.82) is 0 Å². The van der Waals surface area contributed by atoms with Crippen LogP contribution in [-0.4, -0.2) is 25.8 Å². The van der Waals surface area contributed by atoms with Gasteiger partial charge in [-0.25, -0.2) is 0 Å². The zero-order valence-electron chi connectivity index (χ0n) is 9.99. The zero-order chi connectivity index (χ0) is 11.2. The van der Waals surface area contributed by atoms with Gasteiger partial charge in [0.2, 0.25) is 0 Å². The van der Waals surface area contributed by atoms with Crippen LogP contribution in [0.15, 0.2) is 30.3 Å². The molecule has 1 saturated heterocycles. The van der Waals surface area contributed by atoms with E-state index in [-0.39, 0.29) is 0 Å². The first kappa shape index (κ1) is 11.6. The first-order chi connectivity index (χ1) is 7.90. The molecular formula is C14H21NO. The summed E-state index contributed by atoms with van der Waals surface area (Å²) >= 11 is 0. The maximum Gasteiger partial charge on any atom is 0.0764 e. The van der Waals surface area contributed by atoms with E-state index in [2.05, 4.69) is 35.6 Å². The molecule has 0 spiro atoms. The summed E-state index contributed by atoms with van der Waals surface area (Å²) in [5.74, 6) is 0. The van der Waals surface area contributed by atoms with E-state index in [1.807, 2.05) is 7.11 Å². The molecule has 0 saturated carbocycles. The van der Waals surface area contributed by atoms with Gasteiger partial charge in [-0.05, 0) is 24.9 Å². The van der Waals surface area contributed by atoms with Crippen LogP contribution in [0.1, 0.15) is 24.8 Å². The van der Waals surface area contributed by atoms with Crippen molar-refractivity contribution in [1.82, 2.24) is 5.32 Å². The van der Waals surface area contributed by atoms with Gasteiger partial charge in [-0.15, -0.1) is 0 Å². The quantitative estimate of drug-likeness (QED) is 0.839. The highest BCUT2D eigenvalue weighted by Crippen LogP contribution is 2.16. The van der Waals surface area contributed by atoms with Crippen LogP contribution in [0.2, 0.25) is 0 Å². The molecule has 2 rings (SSSR count). The van der Waals surface area contributed by atoms with E-state index in [0.717, 1.165) is 13.0 Å². The molecule has 2 nitrogen and oxygen atoms in total. The number of rotatable bonds is 4. The lowest BCUT2D eigenvalue weighted by atomic mass is 9.95.